The molecule has 0 atom stereocenters. The summed E-state index contributed by atoms with van der Waals surface area (Å²) in [6.45, 7) is 1.21. The van der Waals surface area contributed by atoms with E-state index in [0.29, 0.717) is 18.9 Å². The third-order valence-electron chi connectivity index (χ3n) is 2.96. The first-order valence-corrected chi connectivity index (χ1v) is 7.26. The van der Waals surface area contributed by atoms with Crippen LogP contribution in [0.3, 0.4) is 0 Å². The molecule has 5 nitrogen and oxygen atoms in total. The average molecular weight is 255 g/mol. The Kier molecular flexibility index (Phi) is 3.63. The Balaban J connectivity index is 2.25. The van der Waals surface area contributed by atoms with Crippen LogP contribution in [0.2, 0.25) is 0 Å². The lowest BCUT2D eigenvalue weighted by atomic mass is 10.2. The zero-order valence-corrected chi connectivity index (χ0v) is 10.5. The van der Waals surface area contributed by atoms with Crippen LogP contribution in [0.25, 0.3) is 0 Å². The van der Waals surface area contributed by atoms with Crippen molar-refractivity contribution in [1.82, 2.24) is 9.29 Å². The van der Waals surface area contributed by atoms with Gasteiger partial charge < -0.3 is 5.73 Å². The Morgan fingerprint density at radius 2 is 1.76 bits per heavy atom. The average Bonchev–Trinajstić information content (AvgIpc) is 2.58. The van der Waals surface area contributed by atoms with E-state index in [-0.39, 0.29) is 4.90 Å². The van der Waals surface area contributed by atoms with Crippen molar-refractivity contribution in [2.45, 2.75) is 30.6 Å². The highest BCUT2D eigenvalue weighted by molar-refractivity contribution is 7.89. The fourth-order valence-corrected chi connectivity index (χ4v) is 3.44. The molecule has 0 aliphatic carbocycles. The van der Waals surface area contributed by atoms with Gasteiger partial charge >= 0.3 is 0 Å². The molecule has 1 aliphatic rings. The lowest BCUT2D eigenvalue weighted by molar-refractivity contribution is 0.423. The second kappa shape index (κ2) is 5.01. The van der Waals surface area contributed by atoms with E-state index in [1.54, 1.807) is 4.31 Å². The highest BCUT2D eigenvalue weighted by Crippen LogP contribution is 2.19. The van der Waals surface area contributed by atoms with Gasteiger partial charge in [-0.05, 0) is 25.0 Å². The molecule has 0 radical (unpaired) electrons. The molecular weight excluding hydrogens is 238 g/mol. The SMILES string of the molecule is Nc1ccc(S(=O)(=O)N2CCCCCC2)cn1. The molecule has 0 aromatic carbocycles. The summed E-state index contributed by atoms with van der Waals surface area (Å²) in [6, 6.07) is 3.03. The number of nitrogens with zero attached hydrogens (tertiary/aromatic N) is 2. The Hall–Kier alpha value is -1.14. The first-order valence-electron chi connectivity index (χ1n) is 5.82. The molecule has 1 aliphatic heterocycles. The van der Waals surface area contributed by atoms with Gasteiger partial charge in [-0.15, -0.1) is 0 Å². The van der Waals surface area contributed by atoms with Gasteiger partial charge in [0.15, 0.2) is 0 Å². The van der Waals surface area contributed by atoms with Crippen molar-refractivity contribution in [2.75, 3.05) is 18.8 Å². The number of sulfonamides is 1. The van der Waals surface area contributed by atoms with Crippen LogP contribution in [-0.4, -0.2) is 30.8 Å². The van der Waals surface area contributed by atoms with E-state index in [1.165, 1.54) is 18.3 Å². The predicted molar refractivity (Wildman–Crippen MR) is 65.9 cm³/mol. The van der Waals surface area contributed by atoms with Crippen LogP contribution in [0, 0.1) is 0 Å². The van der Waals surface area contributed by atoms with Crippen LogP contribution in [0.15, 0.2) is 23.2 Å². The number of anilines is 1. The third kappa shape index (κ3) is 2.76. The van der Waals surface area contributed by atoms with Crippen molar-refractivity contribution < 1.29 is 8.42 Å². The van der Waals surface area contributed by atoms with Gasteiger partial charge in [-0.2, -0.15) is 4.31 Å². The molecule has 2 heterocycles. The Bertz CT molecular complexity index is 462. The second-order valence-electron chi connectivity index (χ2n) is 4.24. The Labute approximate surface area is 102 Å². The van der Waals surface area contributed by atoms with E-state index in [0.717, 1.165) is 25.7 Å². The summed E-state index contributed by atoms with van der Waals surface area (Å²) >= 11 is 0. The number of rotatable bonds is 2. The van der Waals surface area contributed by atoms with Crippen LogP contribution in [0.1, 0.15) is 25.7 Å². The van der Waals surface area contributed by atoms with Gasteiger partial charge in [-0.1, -0.05) is 12.8 Å². The molecule has 1 saturated heterocycles. The summed E-state index contributed by atoms with van der Waals surface area (Å²) in [7, 11) is -3.39. The molecule has 2 N–H and O–H groups in total. The fraction of sp³-hybridized carbons (Fsp3) is 0.545. The first-order chi connectivity index (χ1) is 8.10. The van der Waals surface area contributed by atoms with Gasteiger partial charge in [-0.3, -0.25) is 0 Å². The zero-order valence-electron chi connectivity index (χ0n) is 9.67. The second-order valence-corrected chi connectivity index (χ2v) is 6.18. The van der Waals surface area contributed by atoms with E-state index in [2.05, 4.69) is 4.98 Å². The summed E-state index contributed by atoms with van der Waals surface area (Å²) in [5, 5.41) is 0. The monoisotopic (exact) mass is 255 g/mol. The highest BCUT2D eigenvalue weighted by atomic mass is 32.2. The maximum Gasteiger partial charge on any atom is 0.244 e. The quantitative estimate of drug-likeness (QED) is 0.862. The summed E-state index contributed by atoms with van der Waals surface area (Å²) in [5.74, 6) is 0.333. The van der Waals surface area contributed by atoms with Gasteiger partial charge in [0, 0.05) is 19.3 Å². The number of aromatic nitrogens is 1. The van der Waals surface area contributed by atoms with Gasteiger partial charge in [0.05, 0.1) is 0 Å². The van der Waals surface area contributed by atoms with Crippen LogP contribution in [-0.2, 0) is 10.0 Å². The van der Waals surface area contributed by atoms with Gasteiger partial charge in [0.2, 0.25) is 10.0 Å². The normalized spacial score (nSPS) is 18.8. The van der Waals surface area contributed by atoms with E-state index in [1.807, 2.05) is 0 Å². The maximum absolute atomic E-state index is 12.3. The summed E-state index contributed by atoms with van der Waals surface area (Å²) in [5.41, 5.74) is 5.45. The standard InChI is InChI=1S/C11H17N3O2S/c12-11-6-5-10(9-13-11)17(15,16)14-7-3-1-2-4-8-14/h5-6,9H,1-4,7-8H2,(H2,12,13). The van der Waals surface area contributed by atoms with Gasteiger partial charge in [-0.25, -0.2) is 13.4 Å². The molecule has 17 heavy (non-hydrogen) atoms. The molecule has 0 unspecified atom stereocenters. The molecule has 0 bridgehead atoms. The lowest BCUT2D eigenvalue weighted by Gasteiger charge is -2.19. The number of hydrogen-bond donors (Lipinski definition) is 1. The minimum Gasteiger partial charge on any atom is -0.384 e. The molecule has 0 saturated carbocycles. The number of nitrogen functional groups attached to an aromatic ring is 1. The molecule has 0 spiro atoms. The van der Waals surface area contributed by atoms with Crippen molar-refractivity contribution >= 4 is 15.8 Å². The topological polar surface area (TPSA) is 76.3 Å². The van der Waals surface area contributed by atoms with Crippen molar-refractivity contribution in [1.29, 1.82) is 0 Å². The number of pyridine rings is 1. The predicted octanol–water partition coefficient (Wildman–Crippen LogP) is 1.23. The largest absolute Gasteiger partial charge is 0.384 e. The van der Waals surface area contributed by atoms with Crippen LogP contribution in [0.4, 0.5) is 5.82 Å². The van der Waals surface area contributed by atoms with Gasteiger partial charge in [0.1, 0.15) is 10.7 Å². The molecule has 94 valence electrons. The van der Waals surface area contributed by atoms with E-state index >= 15 is 0 Å². The molecule has 1 aromatic rings. The van der Waals surface area contributed by atoms with E-state index < -0.39 is 10.0 Å². The lowest BCUT2D eigenvalue weighted by Crippen LogP contribution is -2.32. The molecular formula is C11H17N3O2S. The van der Waals surface area contributed by atoms with E-state index in [9.17, 15) is 8.42 Å². The van der Waals surface area contributed by atoms with Crippen molar-refractivity contribution in [3.63, 3.8) is 0 Å². The zero-order chi connectivity index (χ0) is 12.3. The Morgan fingerprint density at radius 1 is 1.12 bits per heavy atom. The van der Waals surface area contributed by atoms with Crippen molar-refractivity contribution in [2.24, 2.45) is 0 Å². The maximum atomic E-state index is 12.3. The molecule has 1 fully saturated rings. The van der Waals surface area contributed by atoms with Gasteiger partial charge in [0.25, 0.3) is 0 Å². The minimum absolute atomic E-state index is 0.230. The highest BCUT2D eigenvalue weighted by Gasteiger charge is 2.25. The van der Waals surface area contributed by atoms with Crippen LogP contribution >= 0.6 is 0 Å². The summed E-state index contributed by atoms with van der Waals surface area (Å²) in [4.78, 5) is 4.07. The molecule has 1 aromatic heterocycles. The third-order valence-corrected chi connectivity index (χ3v) is 4.84. The minimum atomic E-state index is -3.39. The van der Waals surface area contributed by atoms with Crippen molar-refractivity contribution in [3.05, 3.63) is 18.3 Å². The smallest absolute Gasteiger partial charge is 0.244 e. The summed E-state index contributed by atoms with van der Waals surface area (Å²) < 4.78 is 26.1. The fourth-order valence-electron chi connectivity index (χ4n) is 1.98. The molecule has 2 rings (SSSR count). The Morgan fingerprint density at radius 3 is 2.29 bits per heavy atom. The van der Waals surface area contributed by atoms with Crippen LogP contribution in [0.5, 0.6) is 0 Å². The van der Waals surface area contributed by atoms with Crippen LogP contribution < -0.4 is 5.73 Å². The van der Waals surface area contributed by atoms with E-state index in [4.69, 9.17) is 5.73 Å². The number of nitrogens with two attached hydrogens (primary N) is 1. The molecule has 6 heteroatoms. The molecule has 0 amide bonds. The summed E-state index contributed by atoms with van der Waals surface area (Å²) in [6.07, 6.45) is 5.40. The number of hydrogen-bond acceptors (Lipinski definition) is 4. The first kappa shape index (κ1) is 12.3. The van der Waals surface area contributed by atoms with Crippen molar-refractivity contribution in [3.8, 4) is 0 Å².